The molecule has 3 aromatic rings. The molecule has 0 aliphatic carbocycles. The third-order valence-corrected chi connectivity index (χ3v) is 3.59. The third kappa shape index (κ3) is 4.02. The number of nitrogens with zero attached hydrogens (tertiary/aromatic N) is 4. The number of urea groups is 1. The van der Waals surface area contributed by atoms with Crippen LogP contribution in [0.1, 0.15) is 11.1 Å². The highest BCUT2D eigenvalue weighted by molar-refractivity contribution is 5.89. The standard InChI is InChI=1S/C18H15FN6O/c1-25-11-22-17(24-25)13-3-2-4-15(8-13)23-18(26)21-10-14-7-12(9-20)5-6-16(14)19/h2-8,11H,10H2,1H3,(H2,21,23,26). The lowest BCUT2D eigenvalue weighted by Gasteiger charge is -2.09. The van der Waals surface area contributed by atoms with Crippen LogP contribution in [-0.4, -0.2) is 20.8 Å². The molecule has 0 aliphatic rings. The van der Waals surface area contributed by atoms with Crippen LogP contribution in [0.25, 0.3) is 11.4 Å². The summed E-state index contributed by atoms with van der Waals surface area (Å²) in [5.74, 6) is 0.0690. The summed E-state index contributed by atoms with van der Waals surface area (Å²) >= 11 is 0. The molecule has 0 saturated carbocycles. The number of rotatable bonds is 4. The lowest BCUT2D eigenvalue weighted by molar-refractivity contribution is 0.251. The number of halogens is 1. The zero-order chi connectivity index (χ0) is 18.5. The van der Waals surface area contributed by atoms with E-state index in [1.807, 2.05) is 12.1 Å². The van der Waals surface area contributed by atoms with Gasteiger partial charge in [0.05, 0.1) is 11.6 Å². The molecule has 2 aromatic carbocycles. The quantitative estimate of drug-likeness (QED) is 0.756. The van der Waals surface area contributed by atoms with Gasteiger partial charge in [0.1, 0.15) is 12.1 Å². The highest BCUT2D eigenvalue weighted by Crippen LogP contribution is 2.19. The molecule has 0 bridgehead atoms. The van der Waals surface area contributed by atoms with Crippen LogP contribution in [0, 0.1) is 17.1 Å². The average molecular weight is 350 g/mol. The number of aryl methyl sites for hydroxylation is 1. The molecule has 3 rings (SSSR count). The van der Waals surface area contributed by atoms with Crippen molar-refractivity contribution in [3.8, 4) is 17.5 Å². The molecule has 7 nitrogen and oxygen atoms in total. The number of amides is 2. The largest absolute Gasteiger partial charge is 0.334 e. The number of carbonyl (C=O) groups is 1. The molecule has 1 heterocycles. The zero-order valence-electron chi connectivity index (χ0n) is 13.9. The van der Waals surface area contributed by atoms with E-state index in [0.29, 0.717) is 17.1 Å². The molecule has 8 heteroatoms. The van der Waals surface area contributed by atoms with Crippen LogP contribution < -0.4 is 10.6 Å². The number of nitrogens with one attached hydrogen (secondary N) is 2. The number of aromatic nitrogens is 3. The van der Waals surface area contributed by atoms with Crippen molar-refractivity contribution in [2.75, 3.05) is 5.32 Å². The summed E-state index contributed by atoms with van der Waals surface area (Å²) in [6.45, 7) is -0.0331. The van der Waals surface area contributed by atoms with Crippen molar-refractivity contribution in [2.45, 2.75) is 6.54 Å². The Labute approximate surface area is 149 Å². The molecule has 0 unspecified atom stereocenters. The van der Waals surface area contributed by atoms with Gasteiger partial charge in [-0.1, -0.05) is 12.1 Å². The number of benzene rings is 2. The van der Waals surface area contributed by atoms with Gasteiger partial charge in [0.15, 0.2) is 5.82 Å². The molecule has 0 spiro atoms. The molecule has 130 valence electrons. The minimum Gasteiger partial charge on any atom is -0.334 e. The van der Waals surface area contributed by atoms with E-state index in [0.717, 1.165) is 5.56 Å². The van der Waals surface area contributed by atoms with E-state index in [-0.39, 0.29) is 12.1 Å². The summed E-state index contributed by atoms with van der Waals surface area (Å²) in [5, 5.41) is 18.3. The monoisotopic (exact) mass is 350 g/mol. The van der Waals surface area contributed by atoms with Crippen LogP contribution >= 0.6 is 0 Å². The maximum Gasteiger partial charge on any atom is 0.319 e. The predicted octanol–water partition coefficient (Wildman–Crippen LogP) is 2.81. The van der Waals surface area contributed by atoms with E-state index < -0.39 is 11.8 Å². The van der Waals surface area contributed by atoms with E-state index in [4.69, 9.17) is 5.26 Å². The molecule has 2 amide bonds. The maximum absolute atomic E-state index is 13.7. The van der Waals surface area contributed by atoms with Gasteiger partial charge < -0.3 is 10.6 Å². The summed E-state index contributed by atoms with van der Waals surface area (Å²) in [6.07, 6.45) is 1.59. The van der Waals surface area contributed by atoms with Gasteiger partial charge >= 0.3 is 6.03 Å². The Hall–Kier alpha value is -3.73. The fraction of sp³-hybridized carbons (Fsp3) is 0.111. The van der Waals surface area contributed by atoms with E-state index in [1.165, 1.54) is 18.2 Å². The number of anilines is 1. The Morgan fingerprint density at radius 1 is 1.31 bits per heavy atom. The van der Waals surface area contributed by atoms with Crippen molar-refractivity contribution in [2.24, 2.45) is 7.05 Å². The minimum absolute atomic E-state index is 0.0331. The number of carbonyl (C=O) groups excluding carboxylic acids is 1. The summed E-state index contributed by atoms with van der Waals surface area (Å²) in [6, 6.07) is 12.5. The molecule has 2 N–H and O–H groups in total. The van der Waals surface area contributed by atoms with Crippen molar-refractivity contribution in [1.82, 2.24) is 20.1 Å². The van der Waals surface area contributed by atoms with Crippen molar-refractivity contribution < 1.29 is 9.18 Å². The van der Waals surface area contributed by atoms with Gasteiger partial charge in [-0.15, -0.1) is 0 Å². The van der Waals surface area contributed by atoms with Crippen molar-refractivity contribution in [3.05, 3.63) is 65.7 Å². The Balaban J connectivity index is 1.65. The van der Waals surface area contributed by atoms with Crippen molar-refractivity contribution >= 4 is 11.7 Å². The van der Waals surface area contributed by atoms with Gasteiger partial charge in [0.2, 0.25) is 0 Å². The highest BCUT2D eigenvalue weighted by Gasteiger charge is 2.08. The first-order valence-electron chi connectivity index (χ1n) is 7.74. The Morgan fingerprint density at radius 3 is 2.88 bits per heavy atom. The Morgan fingerprint density at radius 2 is 2.15 bits per heavy atom. The first-order chi connectivity index (χ1) is 12.5. The first-order valence-corrected chi connectivity index (χ1v) is 7.74. The van der Waals surface area contributed by atoms with E-state index in [9.17, 15) is 9.18 Å². The van der Waals surface area contributed by atoms with Gasteiger partial charge in [-0.25, -0.2) is 14.2 Å². The molecule has 26 heavy (non-hydrogen) atoms. The SMILES string of the molecule is Cn1cnc(-c2cccc(NC(=O)NCc3cc(C#N)ccc3F)c2)n1. The average Bonchev–Trinajstić information content (AvgIpc) is 3.08. The molecule has 0 saturated heterocycles. The van der Waals surface area contributed by atoms with Crippen molar-refractivity contribution in [1.29, 1.82) is 5.26 Å². The van der Waals surface area contributed by atoms with Crippen molar-refractivity contribution in [3.63, 3.8) is 0 Å². The molecule has 0 radical (unpaired) electrons. The second-order valence-corrected chi connectivity index (χ2v) is 5.55. The maximum atomic E-state index is 13.7. The molecule has 1 aromatic heterocycles. The summed E-state index contributed by atoms with van der Waals surface area (Å²) in [7, 11) is 1.77. The molecule has 0 aliphatic heterocycles. The topological polar surface area (TPSA) is 95.6 Å². The third-order valence-electron chi connectivity index (χ3n) is 3.59. The number of hydrogen-bond acceptors (Lipinski definition) is 4. The fourth-order valence-electron chi connectivity index (χ4n) is 2.34. The molecular formula is C18H15FN6O. The predicted molar refractivity (Wildman–Crippen MR) is 93.4 cm³/mol. The van der Waals surface area contributed by atoms with Crippen LogP contribution in [0.3, 0.4) is 0 Å². The molecular weight excluding hydrogens is 335 g/mol. The smallest absolute Gasteiger partial charge is 0.319 e. The van der Waals surface area contributed by atoms with E-state index in [2.05, 4.69) is 20.7 Å². The lowest BCUT2D eigenvalue weighted by Crippen LogP contribution is -2.28. The van der Waals surface area contributed by atoms with E-state index >= 15 is 0 Å². The summed E-state index contributed by atoms with van der Waals surface area (Å²) in [4.78, 5) is 16.2. The van der Waals surface area contributed by atoms with Crippen LogP contribution in [0.2, 0.25) is 0 Å². The number of hydrogen-bond donors (Lipinski definition) is 2. The Kier molecular flexibility index (Phi) is 4.90. The number of nitriles is 1. The van der Waals surface area contributed by atoms with Gasteiger partial charge in [0.25, 0.3) is 0 Å². The van der Waals surface area contributed by atoms with Crippen LogP contribution in [0.15, 0.2) is 48.8 Å². The summed E-state index contributed by atoms with van der Waals surface area (Å²) < 4.78 is 15.3. The summed E-state index contributed by atoms with van der Waals surface area (Å²) in [5.41, 5.74) is 1.89. The zero-order valence-corrected chi connectivity index (χ0v) is 13.9. The lowest BCUT2D eigenvalue weighted by atomic mass is 10.1. The van der Waals surface area contributed by atoms with Gasteiger partial charge in [-0.3, -0.25) is 4.68 Å². The second-order valence-electron chi connectivity index (χ2n) is 5.55. The normalized spacial score (nSPS) is 10.2. The second kappa shape index (κ2) is 7.44. The van der Waals surface area contributed by atoms with Crippen LogP contribution in [-0.2, 0) is 13.6 Å². The Bertz CT molecular complexity index is 991. The van der Waals surface area contributed by atoms with Gasteiger partial charge in [-0.2, -0.15) is 10.4 Å². The van der Waals surface area contributed by atoms with E-state index in [1.54, 1.807) is 36.3 Å². The van der Waals surface area contributed by atoms with Crippen LogP contribution in [0.4, 0.5) is 14.9 Å². The fourth-order valence-corrected chi connectivity index (χ4v) is 2.34. The molecule has 0 fully saturated rings. The minimum atomic E-state index is -0.488. The highest BCUT2D eigenvalue weighted by atomic mass is 19.1. The first kappa shape index (κ1) is 17.1. The van der Waals surface area contributed by atoms with Crippen LogP contribution in [0.5, 0.6) is 0 Å². The molecule has 0 atom stereocenters. The van der Waals surface area contributed by atoms with Gasteiger partial charge in [0, 0.05) is 30.4 Å². The van der Waals surface area contributed by atoms with Gasteiger partial charge in [-0.05, 0) is 30.3 Å².